The third kappa shape index (κ3) is 5.84. The van der Waals surface area contributed by atoms with Gasteiger partial charge in [-0.2, -0.15) is 0 Å². The van der Waals surface area contributed by atoms with Crippen LogP contribution in [0.3, 0.4) is 0 Å². The molecule has 0 amide bonds. The van der Waals surface area contributed by atoms with Crippen LogP contribution >= 0.6 is 0 Å². The minimum absolute atomic E-state index is 0.0120. The fraction of sp³-hybridized carbons (Fsp3) is 0.0182. The van der Waals surface area contributed by atoms with E-state index >= 15 is 0 Å². The fourth-order valence-corrected chi connectivity index (χ4v) is 12.4. The van der Waals surface area contributed by atoms with Crippen LogP contribution in [0.1, 0.15) is 17.0 Å². The molecular formula is C55H45B11O. The molecule has 0 bridgehead atoms. The van der Waals surface area contributed by atoms with Crippen LogP contribution < -0.4 is 32.5 Å². The van der Waals surface area contributed by atoms with Crippen LogP contribution in [-0.4, -0.2) is 86.3 Å². The molecule has 67 heavy (non-hydrogen) atoms. The van der Waals surface area contributed by atoms with Crippen LogP contribution in [0.15, 0.2) is 154 Å². The lowest BCUT2D eigenvalue weighted by atomic mass is 9.60. The van der Waals surface area contributed by atoms with Crippen LogP contribution in [0.4, 0.5) is 0 Å². The van der Waals surface area contributed by atoms with E-state index in [1.165, 1.54) is 163 Å². The third-order valence-corrected chi connectivity index (χ3v) is 16.8. The third-order valence-electron chi connectivity index (χ3n) is 16.8. The van der Waals surface area contributed by atoms with Crippen molar-refractivity contribution in [1.29, 1.82) is 0 Å². The van der Waals surface area contributed by atoms with Gasteiger partial charge in [-0.1, -0.05) is 142 Å². The molecule has 0 aliphatic heterocycles. The van der Waals surface area contributed by atoms with Gasteiger partial charge in [-0.25, -0.2) is 0 Å². The Kier molecular flexibility index (Phi) is 9.38. The SMILES string of the molecule is BC(=C)/C(B)=C(B)\C(B)=C(/B)c1c(-c2ccc3ccc4cccc5ccc2c3c45)cc(-c2ccc3ccc4cccc5ccc2c3c45)cc1C1C(B)=c2oc3c(B)c(B)c(B)c(B)c3c2=C1B. The zero-order valence-electron chi connectivity index (χ0n) is 40.7. The molecule has 0 spiro atoms. The summed E-state index contributed by atoms with van der Waals surface area (Å²) in [7, 11) is 25.0. The molecule has 304 valence electrons. The molecule has 0 saturated heterocycles. The van der Waals surface area contributed by atoms with Crippen molar-refractivity contribution in [3.63, 3.8) is 0 Å². The van der Waals surface area contributed by atoms with E-state index in [1.807, 2.05) is 0 Å². The second-order valence-corrected chi connectivity index (χ2v) is 20.0. The number of furan rings is 1. The average molecular weight is 841 g/mol. The smallest absolute Gasteiger partial charge is 0.143 e. The van der Waals surface area contributed by atoms with Crippen LogP contribution in [0.2, 0.25) is 0 Å². The summed E-state index contributed by atoms with van der Waals surface area (Å²) in [6.45, 7) is 4.40. The van der Waals surface area contributed by atoms with Crippen LogP contribution in [0.5, 0.6) is 0 Å². The molecule has 0 fully saturated rings. The molecule has 1 atom stereocenters. The first-order valence-corrected chi connectivity index (χ1v) is 24.0. The van der Waals surface area contributed by atoms with Crippen molar-refractivity contribution in [3.05, 3.63) is 172 Å². The van der Waals surface area contributed by atoms with Crippen molar-refractivity contribution in [1.82, 2.24) is 0 Å². The highest BCUT2D eigenvalue weighted by Crippen LogP contribution is 2.49. The van der Waals surface area contributed by atoms with E-state index in [1.54, 1.807) is 0 Å². The van der Waals surface area contributed by atoms with E-state index in [0.717, 1.165) is 16.5 Å². The zero-order chi connectivity index (χ0) is 46.5. The van der Waals surface area contributed by atoms with Crippen LogP contribution in [0, 0.1) is 0 Å². The molecule has 1 unspecified atom stereocenters. The second-order valence-electron chi connectivity index (χ2n) is 20.0. The van der Waals surface area contributed by atoms with Gasteiger partial charge >= 0.3 is 0 Å². The molecule has 0 saturated carbocycles. The monoisotopic (exact) mass is 842 g/mol. The predicted octanol–water partition coefficient (Wildman–Crippen LogP) is -0.565. The molecular weight excluding hydrogens is 796 g/mol. The molecule has 12 rings (SSSR count). The number of fused-ring (bicyclic) bond motifs is 3. The van der Waals surface area contributed by atoms with Gasteiger partial charge < -0.3 is 4.42 Å². The summed E-state index contributed by atoms with van der Waals surface area (Å²) >= 11 is 0. The van der Waals surface area contributed by atoms with Crippen molar-refractivity contribution in [2.75, 3.05) is 0 Å². The van der Waals surface area contributed by atoms with Gasteiger partial charge in [-0.15, -0.1) is 33.9 Å². The molecule has 1 heterocycles. The predicted molar refractivity (Wildman–Crippen MR) is 325 cm³/mol. The Labute approximate surface area is 402 Å². The summed E-state index contributed by atoms with van der Waals surface area (Å²) in [6.07, 6.45) is 0. The van der Waals surface area contributed by atoms with E-state index in [2.05, 4.69) is 214 Å². The number of allylic oxidation sites excluding steroid dienone is 4. The Bertz CT molecular complexity index is 4220. The van der Waals surface area contributed by atoms with Crippen molar-refractivity contribution in [3.8, 4) is 22.3 Å². The van der Waals surface area contributed by atoms with E-state index in [-0.39, 0.29) is 5.92 Å². The number of benzene rings is 10. The maximum Gasteiger partial charge on any atom is 0.143 e. The minimum atomic E-state index is -0.0120. The van der Waals surface area contributed by atoms with Gasteiger partial charge in [0.05, 0.1) is 0 Å². The molecule has 1 aliphatic carbocycles. The van der Waals surface area contributed by atoms with E-state index < -0.39 is 0 Å². The Morgan fingerprint density at radius 1 is 0.448 bits per heavy atom. The normalized spacial score (nSPS) is 15.0. The number of rotatable bonds is 6. The highest BCUT2D eigenvalue weighted by Gasteiger charge is 2.32. The van der Waals surface area contributed by atoms with E-state index in [9.17, 15) is 0 Å². The molecule has 1 aliphatic rings. The van der Waals surface area contributed by atoms with Crippen LogP contribution in [0.25, 0.3) is 114 Å². The van der Waals surface area contributed by atoms with Gasteiger partial charge in [-0.05, 0) is 110 Å². The maximum atomic E-state index is 7.12. The lowest BCUT2D eigenvalue weighted by Gasteiger charge is -2.28. The molecule has 12 heteroatoms. The second kappa shape index (κ2) is 15.0. The van der Waals surface area contributed by atoms with Crippen molar-refractivity contribution in [2.45, 2.75) is 5.92 Å². The number of hydrogen-bond donors (Lipinski definition) is 0. The molecule has 11 aromatic rings. The van der Waals surface area contributed by atoms with E-state index in [0.29, 0.717) is 0 Å². The lowest BCUT2D eigenvalue weighted by molar-refractivity contribution is 0.576. The Morgan fingerprint density at radius 3 is 1.51 bits per heavy atom. The van der Waals surface area contributed by atoms with Gasteiger partial charge in [-0.3, -0.25) is 0 Å². The summed E-state index contributed by atoms with van der Waals surface area (Å²) < 4.78 is 7.12. The van der Waals surface area contributed by atoms with Gasteiger partial charge in [0, 0.05) is 16.5 Å². The summed E-state index contributed by atoms with van der Waals surface area (Å²) in [4.78, 5) is 0. The summed E-state index contributed by atoms with van der Waals surface area (Å²) in [6, 6.07) is 46.5. The van der Waals surface area contributed by atoms with E-state index in [4.69, 9.17) is 4.42 Å². The topological polar surface area (TPSA) is 13.1 Å². The van der Waals surface area contributed by atoms with Crippen molar-refractivity contribution in [2.24, 2.45) is 0 Å². The summed E-state index contributed by atoms with van der Waals surface area (Å²) in [5.74, 6) is -0.0120. The highest BCUT2D eigenvalue weighted by atomic mass is 16.3. The molecule has 0 radical (unpaired) electrons. The molecule has 10 aromatic carbocycles. The quantitative estimate of drug-likeness (QED) is 0.125. The minimum Gasteiger partial charge on any atom is -0.458 e. The molecule has 1 nitrogen and oxygen atoms in total. The van der Waals surface area contributed by atoms with Gasteiger partial charge in [0.25, 0.3) is 0 Å². The highest BCUT2D eigenvalue weighted by molar-refractivity contribution is 6.66. The number of hydrogen-bond acceptors (Lipinski definition) is 1. The fourth-order valence-electron chi connectivity index (χ4n) is 12.4. The summed E-state index contributed by atoms with van der Waals surface area (Å²) in [5, 5.41) is 18.1. The van der Waals surface area contributed by atoms with Gasteiger partial charge in [0.2, 0.25) is 0 Å². The first-order chi connectivity index (χ1) is 32.2. The Hall–Kier alpha value is -6.51. The standard InChI is InChI=1S/C55H45B11O/c1-22(56)44(57)49(62)50(63)46(59)40-34(31-17-13-28-11-9-24-5-3-7-26-15-19-33(31)39(28)37(24)26)20-29(30-16-12-27-10-8-23-4-2-6-25-14-18-32(30)38(27)36(23)25)21-35(40)41-45(58)42-43-47(60)51(64)52(65)53(66)55(43)67-54(42)48(41)61/h2-21,41H,1,56-66H2/b49-44-,50-46+. The van der Waals surface area contributed by atoms with Crippen LogP contribution in [-0.2, 0) is 0 Å². The maximum absolute atomic E-state index is 7.12. The van der Waals surface area contributed by atoms with Crippen molar-refractivity contribution < 1.29 is 4.42 Å². The Morgan fingerprint density at radius 2 is 0.940 bits per heavy atom. The lowest BCUT2D eigenvalue weighted by Crippen LogP contribution is -2.48. The largest absolute Gasteiger partial charge is 0.458 e. The average Bonchev–Trinajstić information content (AvgIpc) is 3.86. The van der Waals surface area contributed by atoms with Gasteiger partial charge in [0.1, 0.15) is 97.3 Å². The Balaban J connectivity index is 1.27. The first kappa shape index (κ1) is 41.9. The zero-order valence-corrected chi connectivity index (χ0v) is 40.7. The molecule has 1 aromatic heterocycles. The van der Waals surface area contributed by atoms with Crippen molar-refractivity contribution >= 4 is 200 Å². The van der Waals surface area contributed by atoms with Gasteiger partial charge in [0.15, 0.2) is 0 Å². The molecule has 0 N–H and O–H groups in total. The first-order valence-electron chi connectivity index (χ1n) is 24.0. The summed E-state index contributed by atoms with van der Waals surface area (Å²) in [5.41, 5.74) is 23.6.